The van der Waals surface area contributed by atoms with Crippen LogP contribution in [0.15, 0.2) is 51.5 Å². The van der Waals surface area contributed by atoms with Crippen LogP contribution in [-0.2, 0) is 0 Å². The van der Waals surface area contributed by atoms with Crippen molar-refractivity contribution in [1.82, 2.24) is 0 Å². The normalized spacial score (nSPS) is 13.7. The van der Waals surface area contributed by atoms with E-state index < -0.39 is 11.6 Å². The molecule has 0 amide bonds. The number of carbonyl (C=O) groups excluding carboxylic acids is 1. The predicted octanol–water partition coefficient (Wildman–Crippen LogP) is 4.77. The molecule has 0 unspecified atom stereocenters. The minimum Gasteiger partial charge on any atom is -0.295 e. The number of nitrogens with zero attached hydrogens (tertiary/aromatic N) is 2. The van der Waals surface area contributed by atoms with Crippen molar-refractivity contribution < 1.29 is 13.6 Å². The lowest BCUT2D eigenvalue weighted by Gasteiger charge is -2.06. The molecule has 6 heteroatoms. The van der Waals surface area contributed by atoms with Gasteiger partial charge in [-0.05, 0) is 31.5 Å². The fourth-order valence-corrected chi connectivity index (χ4v) is 3.11. The van der Waals surface area contributed by atoms with E-state index >= 15 is 0 Å². The average molecular weight is 344 g/mol. The maximum absolute atomic E-state index is 14.1. The number of aryl methyl sites for hydroxylation is 1. The lowest BCUT2D eigenvalue weighted by Crippen LogP contribution is -2.03. The first-order valence-corrected chi connectivity index (χ1v) is 8.14. The van der Waals surface area contributed by atoms with Crippen molar-refractivity contribution in [3.8, 4) is 0 Å². The minimum atomic E-state index is -0.767. The average Bonchev–Trinajstić information content (AvgIpc) is 3.00. The molecule has 0 saturated heterocycles. The van der Waals surface area contributed by atoms with Gasteiger partial charge in [0.25, 0.3) is 0 Å². The molecule has 122 valence electrons. The van der Waals surface area contributed by atoms with Crippen LogP contribution >= 0.6 is 11.8 Å². The largest absolute Gasteiger partial charge is 0.295 e. The third kappa shape index (κ3) is 3.43. The van der Waals surface area contributed by atoms with Crippen LogP contribution in [0.5, 0.6) is 0 Å². The molecule has 0 aromatic heterocycles. The van der Waals surface area contributed by atoms with E-state index in [1.54, 1.807) is 0 Å². The van der Waals surface area contributed by atoms with Gasteiger partial charge in [0.15, 0.2) is 5.78 Å². The van der Waals surface area contributed by atoms with E-state index in [1.165, 1.54) is 6.92 Å². The molecule has 1 aliphatic heterocycles. The maximum Gasteiger partial charge on any atom is 0.160 e. The van der Waals surface area contributed by atoms with Gasteiger partial charge in [-0.15, -0.1) is 5.10 Å². The molecule has 0 spiro atoms. The molecule has 0 aliphatic carbocycles. The first-order chi connectivity index (χ1) is 11.4. The van der Waals surface area contributed by atoms with E-state index in [0.717, 1.165) is 40.7 Å². The highest BCUT2D eigenvalue weighted by molar-refractivity contribution is 8.14. The standard InChI is InChI=1S/C18H14F2N2OS/c1-10-3-5-12(6-4-10)16-9-17(22-21-16)24-18-14(19)7-13(11(2)23)8-15(18)20/h3-8H,9H2,1-2H3. The monoisotopic (exact) mass is 344 g/mol. The number of hydrogen-bond acceptors (Lipinski definition) is 4. The van der Waals surface area contributed by atoms with Crippen molar-refractivity contribution in [2.45, 2.75) is 25.2 Å². The van der Waals surface area contributed by atoms with Crippen LogP contribution in [0.2, 0.25) is 0 Å². The van der Waals surface area contributed by atoms with Gasteiger partial charge in [-0.3, -0.25) is 4.79 Å². The van der Waals surface area contributed by atoms with Crippen molar-refractivity contribution in [3.63, 3.8) is 0 Å². The highest BCUT2D eigenvalue weighted by Gasteiger charge is 2.20. The van der Waals surface area contributed by atoms with Crippen LogP contribution < -0.4 is 0 Å². The molecule has 0 N–H and O–H groups in total. The number of Topliss-reactive ketones (excluding diaryl/α,β-unsaturated/α-hetero) is 1. The Morgan fingerprint density at radius 3 is 2.29 bits per heavy atom. The van der Waals surface area contributed by atoms with Crippen molar-refractivity contribution in [2.24, 2.45) is 10.2 Å². The molecule has 0 radical (unpaired) electrons. The van der Waals surface area contributed by atoms with E-state index in [2.05, 4.69) is 10.2 Å². The zero-order valence-corrected chi connectivity index (χ0v) is 14.0. The van der Waals surface area contributed by atoms with Crippen LogP contribution in [0.4, 0.5) is 8.78 Å². The fraction of sp³-hybridized carbons (Fsp3) is 0.167. The van der Waals surface area contributed by atoms with E-state index in [9.17, 15) is 13.6 Å². The summed E-state index contributed by atoms with van der Waals surface area (Å²) in [7, 11) is 0. The summed E-state index contributed by atoms with van der Waals surface area (Å²) in [5.41, 5.74) is 2.85. The molecular formula is C18H14F2N2OS. The lowest BCUT2D eigenvalue weighted by atomic mass is 10.1. The third-order valence-electron chi connectivity index (χ3n) is 3.61. The van der Waals surface area contributed by atoms with Crippen molar-refractivity contribution in [1.29, 1.82) is 0 Å². The first kappa shape index (κ1) is 16.5. The Hall–Kier alpha value is -2.34. The zero-order valence-electron chi connectivity index (χ0n) is 13.1. The number of halogens is 2. The molecule has 0 bridgehead atoms. The second-order valence-corrected chi connectivity index (χ2v) is 6.59. The molecule has 0 saturated carbocycles. The van der Waals surface area contributed by atoms with Gasteiger partial charge >= 0.3 is 0 Å². The summed E-state index contributed by atoms with van der Waals surface area (Å²) in [4.78, 5) is 11.1. The zero-order chi connectivity index (χ0) is 17.3. The predicted molar refractivity (Wildman–Crippen MR) is 92.0 cm³/mol. The number of hydrogen-bond donors (Lipinski definition) is 0. The summed E-state index contributed by atoms with van der Waals surface area (Å²) in [6.07, 6.45) is 0.418. The Bertz CT molecular complexity index is 850. The highest BCUT2D eigenvalue weighted by Crippen LogP contribution is 2.31. The van der Waals surface area contributed by atoms with Crippen molar-refractivity contribution >= 4 is 28.3 Å². The summed E-state index contributed by atoms with van der Waals surface area (Å²) in [6, 6.07) is 9.93. The van der Waals surface area contributed by atoms with Gasteiger partial charge in [0.05, 0.1) is 10.6 Å². The third-order valence-corrected chi connectivity index (χ3v) is 4.67. The highest BCUT2D eigenvalue weighted by atomic mass is 32.2. The lowest BCUT2D eigenvalue weighted by molar-refractivity contribution is 0.101. The second-order valence-electron chi connectivity index (χ2n) is 5.51. The summed E-state index contributed by atoms with van der Waals surface area (Å²) in [5.74, 6) is -1.92. The van der Waals surface area contributed by atoms with Crippen LogP contribution in [-0.4, -0.2) is 16.5 Å². The van der Waals surface area contributed by atoms with Gasteiger partial charge in [0.2, 0.25) is 0 Å². The molecule has 1 aliphatic rings. The molecule has 24 heavy (non-hydrogen) atoms. The molecule has 3 nitrogen and oxygen atoms in total. The van der Waals surface area contributed by atoms with E-state index in [4.69, 9.17) is 0 Å². The molecule has 0 fully saturated rings. The van der Waals surface area contributed by atoms with Gasteiger partial charge in [0, 0.05) is 12.0 Å². The number of benzene rings is 2. The van der Waals surface area contributed by atoms with E-state index in [-0.39, 0.29) is 16.2 Å². The second kappa shape index (κ2) is 6.65. The number of ketones is 1. The summed E-state index contributed by atoms with van der Waals surface area (Å²) in [6.45, 7) is 3.26. The Morgan fingerprint density at radius 2 is 1.71 bits per heavy atom. The molecule has 1 heterocycles. The topological polar surface area (TPSA) is 41.8 Å². The maximum atomic E-state index is 14.1. The fourth-order valence-electron chi connectivity index (χ4n) is 2.27. The van der Waals surface area contributed by atoms with Gasteiger partial charge in [-0.2, -0.15) is 5.10 Å². The Balaban J connectivity index is 1.75. The number of thioether (sulfide) groups is 1. The molecule has 2 aromatic carbocycles. The number of rotatable bonds is 3. The summed E-state index contributed by atoms with van der Waals surface area (Å²) >= 11 is 0.901. The van der Waals surface area contributed by atoms with Crippen molar-refractivity contribution in [3.05, 3.63) is 64.7 Å². The van der Waals surface area contributed by atoms with Crippen LogP contribution in [0.1, 0.15) is 34.8 Å². The van der Waals surface area contributed by atoms with Gasteiger partial charge in [-0.25, -0.2) is 8.78 Å². The Labute approximate surface area is 142 Å². The van der Waals surface area contributed by atoms with E-state index in [1.807, 2.05) is 31.2 Å². The molecular weight excluding hydrogens is 330 g/mol. The molecule has 0 atom stereocenters. The Kier molecular flexibility index (Phi) is 4.57. The van der Waals surface area contributed by atoms with Crippen molar-refractivity contribution in [2.75, 3.05) is 0 Å². The van der Waals surface area contributed by atoms with Crippen LogP contribution in [0.3, 0.4) is 0 Å². The van der Waals surface area contributed by atoms with Crippen LogP contribution in [0, 0.1) is 18.6 Å². The molecule has 2 aromatic rings. The Morgan fingerprint density at radius 1 is 1.08 bits per heavy atom. The van der Waals surface area contributed by atoms with Crippen LogP contribution in [0.25, 0.3) is 0 Å². The summed E-state index contributed by atoms with van der Waals surface area (Å²) < 4.78 is 28.2. The van der Waals surface area contributed by atoms with Gasteiger partial charge in [-0.1, -0.05) is 41.6 Å². The van der Waals surface area contributed by atoms with Gasteiger partial charge < -0.3 is 0 Å². The summed E-state index contributed by atoms with van der Waals surface area (Å²) in [5, 5.41) is 8.63. The smallest absolute Gasteiger partial charge is 0.160 e. The van der Waals surface area contributed by atoms with E-state index in [0.29, 0.717) is 11.5 Å². The SMILES string of the molecule is CC(=O)c1cc(F)c(SC2=NN=C(c3ccc(C)cc3)C2)c(F)c1. The molecule has 3 rings (SSSR count). The first-order valence-electron chi connectivity index (χ1n) is 7.32. The number of carbonyl (C=O) groups is 1. The van der Waals surface area contributed by atoms with Gasteiger partial charge in [0.1, 0.15) is 16.7 Å². The quantitative estimate of drug-likeness (QED) is 0.752. The minimum absolute atomic E-state index is 0.0132.